The second-order valence-electron chi connectivity index (χ2n) is 5.98. The number of pyridine rings is 1. The molecule has 0 fully saturated rings. The summed E-state index contributed by atoms with van der Waals surface area (Å²) in [5.74, 6) is -0.247. The molecule has 0 atom stereocenters. The Labute approximate surface area is 164 Å². The Morgan fingerprint density at radius 2 is 1.78 bits per heavy atom. The number of halogens is 2. The average molecular weight is 398 g/mol. The number of benzene rings is 2. The van der Waals surface area contributed by atoms with Crippen molar-refractivity contribution < 1.29 is 4.79 Å². The summed E-state index contributed by atoms with van der Waals surface area (Å²) in [7, 11) is 0. The van der Waals surface area contributed by atoms with Gasteiger partial charge in [-0.15, -0.1) is 0 Å². The number of fused-ring (bicyclic) bond motifs is 1. The molecule has 0 saturated carbocycles. The molecule has 0 aliphatic carbocycles. The van der Waals surface area contributed by atoms with E-state index in [4.69, 9.17) is 23.2 Å². The van der Waals surface area contributed by atoms with Gasteiger partial charge in [0.15, 0.2) is 0 Å². The van der Waals surface area contributed by atoms with Gasteiger partial charge in [-0.3, -0.25) is 19.5 Å². The fourth-order valence-electron chi connectivity index (χ4n) is 2.96. The lowest BCUT2D eigenvalue weighted by Gasteiger charge is -2.16. The van der Waals surface area contributed by atoms with E-state index in [1.807, 2.05) is 30.3 Å². The van der Waals surface area contributed by atoms with Gasteiger partial charge >= 0.3 is 0 Å². The van der Waals surface area contributed by atoms with Gasteiger partial charge in [0.05, 0.1) is 28.0 Å². The second-order valence-corrected chi connectivity index (χ2v) is 6.80. The Kier molecular flexibility index (Phi) is 4.56. The van der Waals surface area contributed by atoms with Crippen LogP contribution in [0.2, 0.25) is 10.0 Å². The Hall–Kier alpha value is -2.89. The highest BCUT2D eigenvalue weighted by Crippen LogP contribution is 2.35. The number of para-hydroxylation sites is 1. The minimum atomic E-state index is -0.247. The molecular formula is C20H13Cl2N3O2. The van der Waals surface area contributed by atoms with Gasteiger partial charge < -0.3 is 4.98 Å². The van der Waals surface area contributed by atoms with Crippen LogP contribution in [-0.2, 0) is 11.3 Å². The summed E-state index contributed by atoms with van der Waals surface area (Å²) in [6.45, 7) is 0.297. The molecule has 0 saturated heterocycles. The van der Waals surface area contributed by atoms with Crippen LogP contribution in [0.25, 0.3) is 0 Å². The smallest absolute Gasteiger partial charge is 0.281 e. The topological polar surface area (TPSA) is 65.5 Å². The van der Waals surface area contributed by atoms with Crippen molar-refractivity contribution in [2.24, 2.45) is 4.99 Å². The standard InChI is InChI=1S/C20H13Cl2N3O2/c21-15-7-5-12(9-16(15)22)10-24-19-14-3-1-2-4-17(14)25(20(19)27)13-6-8-18(26)23-11-13/h1-9,11H,10H2,(H,23,26). The monoisotopic (exact) mass is 397 g/mol. The third-order valence-electron chi connectivity index (χ3n) is 4.24. The molecule has 0 spiro atoms. The second kappa shape index (κ2) is 7.02. The molecule has 1 aromatic heterocycles. The molecule has 5 nitrogen and oxygen atoms in total. The number of carbonyl (C=O) groups is 1. The first-order valence-electron chi connectivity index (χ1n) is 8.15. The third-order valence-corrected chi connectivity index (χ3v) is 4.97. The number of anilines is 2. The predicted molar refractivity (Wildman–Crippen MR) is 107 cm³/mol. The molecule has 0 unspecified atom stereocenters. The first kappa shape index (κ1) is 17.5. The fraction of sp³-hybridized carbons (Fsp3) is 0.0500. The van der Waals surface area contributed by atoms with Crippen molar-refractivity contribution in [1.29, 1.82) is 0 Å². The summed E-state index contributed by atoms with van der Waals surface area (Å²) < 4.78 is 0. The largest absolute Gasteiger partial charge is 0.327 e. The minimum absolute atomic E-state index is 0.229. The molecule has 2 heterocycles. The van der Waals surface area contributed by atoms with E-state index in [2.05, 4.69) is 9.98 Å². The first-order valence-corrected chi connectivity index (χ1v) is 8.91. The number of rotatable bonds is 3. The zero-order chi connectivity index (χ0) is 19.0. The Morgan fingerprint density at radius 3 is 2.52 bits per heavy atom. The number of carbonyl (C=O) groups excluding carboxylic acids is 1. The Bertz CT molecular complexity index is 1120. The van der Waals surface area contributed by atoms with E-state index < -0.39 is 0 Å². The Balaban J connectivity index is 1.73. The van der Waals surface area contributed by atoms with Crippen molar-refractivity contribution in [3.63, 3.8) is 0 Å². The van der Waals surface area contributed by atoms with Gasteiger partial charge in [-0.25, -0.2) is 0 Å². The predicted octanol–water partition coefficient (Wildman–Crippen LogP) is 4.35. The van der Waals surface area contributed by atoms with Crippen LogP contribution in [0.4, 0.5) is 11.4 Å². The van der Waals surface area contributed by atoms with Gasteiger partial charge in [0.2, 0.25) is 5.56 Å². The number of nitrogens with one attached hydrogen (secondary N) is 1. The van der Waals surface area contributed by atoms with Crippen molar-refractivity contribution in [2.45, 2.75) is 6.54 Å². The number of amides is 1. The molecule has 1 aliphatic heterocycles. The first-order chi connectivity index (χ1) is 13.0. The van der Waals surface area contributed by atoms with E-state index in [1.54, 1.807) is 23.1 Å². The van der Waals surface area contributed by atoms with Crippen LogP contribution in [0.15, 0.2) is 70.6 Å². The molecule has 0 bridgehead atoms. The van der Waals surface area contributed by atoms with Crippen LogP contribution in [-0.4, -0.2) is 16.6 Å². The number of hydrogen-bond donors (Lipinski definition) is 1. The summed E-state index contributed by atoms with van der Waals surface area (Å²) in [5, 5.41) is 0.919. The molecule has 2 aromatic carbocycles. The lowest BCUT2D eigenvalue weighted by atomic mass is 10.1. The molecule has 27 heavy (non-hydrogen) atoms. The van der Waals surface area contributed by atoms with Gasteiger partial charge in [0.1, 0.15) is 5.71 Å². The van der Waals surface area contributed by atoms with E-state index in [0.717, 1.165) is 16.8 Å². The highest BCUT2D eigenvalue weighted by Gasteiger charge is 2.34. The van der Waals surface area contributed by atoms with Crippen LogP contribution in [0.3, 0.4) is 0 Å². The zero-order valence-corrected chi connectivity index (χ0v) is 15.5. The minimum Gasteiger partial charge on any atom is -0.327 e. The van der Waals surface area contributed by atoms with Gasteiger partial charge in [0.25, 0.3) is 5.91 Å². The maximum atomic E-state index is 13.0. The van der Waals surface area contributed by atoms with Gasteiger partial charge in [0, 0.05) is 17.8 Å². The van der Waals surface area contributed by atoms with Gasteiger partial charge in [-0.2, -0.15) is 0 Å². The van der Waals surface area contributed by atoms with Crippen molar-refractivity contribution in [1.82, 2.24) is 4.98 Å². The lowest BCUT2D eigenvalue weighted by molar-refractivity contribution is -0.111. The summed E-state index contributed by atoms with van der Waals surface area (Å²) in [5.41, 5.74) is 3.03. The molecule has 4 rings (SSSR count). The lowest BCUT2D eigenvalue weighted by Crippen LogP contribution is -2.26. The summed E-state index contributed by atoms with van der Waals surface area (Å²) in [4.78, 5) is 33.1. The third kappa shape index (κ3) is 3.27. The fourth-order valence-corrected chi connectivity index (χ4v) is 3.28. The highest BCUT2D eigenvalue weighted by atomic mass is 35.5. The van der Waals surface area contributed by atoms with Crippen molar-refractivity contribution in [3.05, 3.63) is 92.3 Å². The van der Waals surface area contributed by atoms with Crippen molar-refractivity contribution >= 4 is 46.2 Å². The van der Waals surface area contributed by atoms with Crippen LogP contribution in [0, 0.1) is 0 Å². The van der Waals surface area contributed by atoms with Crippen LogP contribution < -0.4 is 10.5 Å². The van der Waals surface area contributed by atoms with Crippen molar-refractivity contribution in [2.75, 3.05) is 4.90 Å². The maximum Gasteiger partial charge on any atom is 0.281 e. The maximum absolute atomic E-state index is 13.0. The number of aromatic amines is 1. The summed E-state index contributed by atoms with van der Waals surface area (Å²) in [6, 6.07) is 15.7. The zero-order valence-electron chi connectivity index (χ0n) is 13.9. The number of nitrogens with zero attached hydrogens (tertiary/aromatic N) is 2. The highest BCUT2D eigenvalue weighted by molar-refractivity contribution is 6.55. The molecule has 1 N–H and O–H groups in total. The number of hydrogen-bond acceptors (Lipinski definition) is 3. The Morgan fingerprint density at radius 1 is 0.963 bits per heavy atom. The normalized spacial score (nSPS) is 14.7. The molecule has 1 amide bonds. The molecule has 134 valence electrons. The molecule has 1 aliphatic rings. The number of aromatic nitrogens is 1. The number of aliphatic imine (C=N–C) groups is 1. The van der Waals surface area contributed by atoms with Crippen molar-refractivity contribution in [3.8, 4) is 0 Å². The van der Waals surface area contributed by atoms with E-state index in [1.165, 1.54) is 12.3 Å². The van der Waals surface area contributed by atoms with Crippen LogP contribution in [0.5, 0.6) is 0 Å². The number of H-pyrrole nitrogens is 1. The molecule has 0 radical (unpaired) electrons. The van der Waals surface area contributed by atoms with E-state index in [9.17, 15) is 9.59 Å². The SMILES string of the molecule is O=C1C(=NCc2ccc(Cl)c(Cl)c2)c2ccccc2N1c1ccc(=O)[nH]c1. The summed E-state index contributed by atoms with van der Waals surface area (Å²) in [6.07, 6.45) is 1.51. The molecular weight excluding hydrogens is 385 g/mol. The molecule has 3 aromatic rings. The van der Waals surface area contributed by atoms with Crippen LogP contribution in [0.1, 0.15) is 11.1 Å². The average Bonchev–Trinajstić information content (AvgIpc) is 2.95. The summed E-state index contributed by atoms with van der Waals surface area (Å²) >= 11 is 12.0. The van der Waals surface area contributed by atoms with Gasteiger partial charge in [-0.1, -0.05) is 47.5 Å². The van der Waals surface area contributed by atoms with E-state index in [-0.39, 0.29) is 11.5 Å². The van der Waals surface area contributed by atoms with E-state index in [0.29, 0.717) is 28.0 Å². The molecule has 7 heteroatoms. The quantitative estimate of drug-likeness (QED) is 0.713. The van der Waals surface area contributed by atoms with Gasteiger partial charge in [-0.05, 0) is 29.8 Å². The van der Waals surface area contributed by atoms with Crippen LogP contribution >= 0.6 is 23.2 Å². The van der Waals surface area contributed by atoms with E-state index >= 15 is 0 Å².